The van der Waals surface area contributed by atoms with Crippen molar-refractivity contribution in [1.82, 2.24) is 10.2 Å². The monoisotopic (exact) mass is 280 g/mol. The Morgan fingerprint density at radius 2 is 1.55 bits per heavy atom. The van der Waals surface area contributed by atoms with Crippen LogP contribution in [-0.2, 0) is 0 Å². The highest BCUT2D eigenvalue weighted by atomic mass is 15.1. The van der Waals surface area contributed by atoms with E-state index in [2.05, 4.69) is 37.9 Å². The summed E-state index contributed by atoms with van der Waals surface area (Å²) in [5.41, 5.74) is 0.509. The van der Waals surface area contributed by atoms with Crippen LogP contribution in [0.1, 0.15) is 66.2 Å². The molecule has 0 radical (unpaired) electrons. The molecule has 1 saturated heterocycles. The lowest BCUT2D eigenvalue weighted by molar-refractivity contribution is 0.154. The molecule has 2 heteroatoms. The molecule has 0 atom stereocenters. The second kappa shape index (κ2) is 7.26. The quantitative estimate of drug-likeness (QED) is 0.840. The van der Waals surface area contributed by atoms with E-state index < -0.39 is 0 Å². The first-order chi connectivity index (χ1) is 9.45. The molecule has 2 fully saturated rings. The molecule has 2 nitrogen and oxygen atoms in total. The molecule has 1 aliphatic carbocycles. The molecule has 0 aromatic rings. The average Bonchev–Trinajstić information content (AvgIpc) is 2.41. The molecule has 1 saturated carbocycles. The molecule has 20 heavy (non-hydrogen) atoms. The lowest BCUT2D eigenvalue weighted by Gasteiger charge is -2.37. The topological polar surface area (TPSA) is 15.3 Å². The van der Waals surface area contributed by atoms with Gasteiger partial charge in [0.05, 0.1) is 0 Å². The number of nitrogens with one attached hydrogen (secondary N) is 1. The molecule has 0 aromatic heterocycles. The summed E-state index contributed by atoms with van der Waals surface area (Å²) in [6, 6.07) is 0.789. The minimum Gasteiger partial charge on any atom is -0.313 e. The van der Waals surface area contributed by atoms with Gasteiger partial charge in [-0.2, -0.15) is 0 Å². The molecule has 1 N–H and O–H groups in total. The molecule has 118 valence electrons. The number of hydrogen-bond acceptors (Lipinski definition) is 2. The second-order valence-corrected chi connectivity index (χ2v) is 8.39. The summed E-state index contributed by atoms with van der Waals surface area (Å²) in [6.45, 7) is 14.7. The smallest absolute Gasteiger partial charge is 0.0107 e. The van der Waals surface area contributed by atoms with Crippen LogP contribution in [0.5, 0.6) is 0 Å². The highest BCUT2D eigenvalue weighted by Crippen LogP contribution is 2.37. The minimum atomic E-state index is 0.509. The van der Waals surface area contributed by atoms with Crippen molar-refractivity contribution in [2.75, 3.05) is 26.2 Å². The van der Waals surface area contributed by atoms with E-state index in [4.69, 9.17) is 0 Å². The van der Waals surface area contributed by atoms with Crippen LogP contribution in [0.15, 0.2) is 0 Å². The van der Waals surface area contributed by atoms with E-state index in [9.17, 15) is 0 Å². The molecular weight excluding hydrogens is 244 g/mol. The normalized spacial score (nSPS) is 30.6. The van der Waals surface area contributed by atoms with Gasteiger partial charge in [0.25, 0.3) is 0 Å². The zero-order valence-electron chi connectivity index (χ0n) is 14.3. The third-order valence-electron chi connectivity index (χ3n) is 5.69. The van der Waals surface area contributed by atoms with Gasteiger partial charge in [-0.25, -0.2) is 0 Å². The number of hydrogen-bond donors (Lipinski definition) is 1. The van der Waals surface area contributed by atoms with E-state index in [0.717, 1.165) is 17.9 Å². The van der Waals surface area contributed by atoms with E-state index in [1.165, 1.54) is 64.7 Å². The molecule has 0 bridgehead atoms. The maximum atomic E-state index is 3.81. The van der Waals surface area contributed by atoms with Gasteiger partial charge in [-0.3, -0.25) is 0 Å². The zero-order chi connectivity index (χ0) is 14.6. The molecule has 1 heterocycles. The lowest BCUT2D eigenvalue weighted by atomic mass is 9.71. The average molecular weight is 280 g/mol. The molecular formula is C18H36N2. The molecule has 1 aliphatic heterocycles. The van der Waals surface area contributed by atoms with Crippen molar-refractivity contribution in [2.45, 2.75) is 72.3 Å². The second-order valence-electron chi connectivity index (χ2n) is 8.39. The Morgan fingerprint density at radius 1 is 0.950 bits per heavy atom. The van der Waals surface area contributed by atoms with Crippen LogP contribution in [0, 0.1) is 17.3 Å². The van der Waals surface area contributed by atoms with Gasteiger partial charge in [-0.1, -0.05) is 27.7 Å². The van der Waals surface area contributed by atoms with E-state index in [1.54, 1.807) is 0 Å². The van der Waals surface area contributed by atoms with Crippen LogP contribution >= 0.6 is 0 Å². The van der Waals surface area contributed by atoms with Gasteiger partial charge in [0, 0.05) is 19.1 Å². The Kier molecular flexibility index (Phi) is 5.92. The first-order valence-corrected chi connectivity index (χ1v) is 8.91. The van der Waals surface area contributed by atoms with Crippen molar-refractivity contribution in [3.05, 3.63) is 0 Å². The van der Waals surface area contributed by atoms with E-state index in [0.29, 0.717) is 5.41 Å². The van der Waals surface area contributed by atoms with Gasteiger partial charge in [-0.05, 0) is 68.9 Å². The van der Waals surface area contributed by atoms with Crippen molar-refractivity contribution in [1.29, 1.82) is 0 Å². The van der Waals surface area contributed by atoms with Gasteiger partial charge in [0.2, 0.25) is 0 Å². The summed E-state index contributed by atoms with van der Waals surface area (Å²) in [7, 11) is 0. The maximum absolute atomic E-state index is 3.81. The van der Waals surface area contributed by atoms with Crippen LogP contribution in [0.3, 0.4) is 0 Å². The lowest BCUT2D eigenvalue weighted by Crippen LogP contribution is -2.42. The third-order valence-corrected chi connectivity index (χ3v) is 5.69. The van der Waals surface area contributed by atoms with Crippen LogP contribution in [0.2, 0.25) is 0 Å². The zero-order valence-corrected chi connectivity index (χ0v) is 14.3. The Morgan fingerprint density at radius 3 is 2.10 bits per heavy atom. The van der Waals surface area contributed by atoms with Crippen LogP contribution < -0.4 is 5.32 Å². The van der Waals surface area contributed by atoms with Gasteiger partial charge in [0.15, 0.2) is 0 Å². The molecule has 2 rings (SSSR count). The van der Waals surface area contributed by atoms with Crippen molar-refractivity contribution in [3.63, 3.8) is 0 Å². The number of nitrogens with zero attached hydrogens (tertiary/aromatic N) is 1. The van der Waals surface area contributed by atoms with Crippen LogP contribution in [0.25, 0.3) is 0 Å². The fourth-order valence-corrected chi connectivity index (χ4v) is 3.88. The van der Waals surface area contributed by atoms with Gasteiger partial charge >= 0.3 is 0 Å². The summed E-state index contributed by atoms with van der Waals surface area (Å²) in [5, 5.41) is 3.81. The Bertz CT molecular complexity index is 266. The third kappa shape index (κ3) is 5.04. The highest BCUT2D eigenvalue weighted by molar-refractivity contribution is 4.83. The number of piperidine rings is 1. The van der Waals surface area contributed by atoms with Crippen LogP contribution in [-0.4, -0.2) is 37.1 Å². The summed E-state index contributed by atoms with van der Waals surface area (Å²) >= 11 is 0. The number of rotatable bonds is 4. The van der Waals surface area contributed by atoms with Gasteiger partial charge in [-0.15, -0.1) is 0 Å². The van der Waals surface area contributed by atoms with E-state index in [1.807, 2.05) is 0 Å². The molecule has 0 amide bonds. The number of likely N-dealkylation sites (tertiary alicyclic amines) is 1. The SMILES string of the molecule is CC1CCN(CCNC2CCC(C(C)(C)C)CC2)CC1. The summed E-state index contributed by atoms with van der Waals surface area (Å²) in [4.78, 5) is 2.65. The Balaban J connectivity index is 1.57. The molecule has 2 aliphatic rings. The van der Waals surface area contributed by atoms with Crippen molar-refractivity contribution in [2.24, 2.45) is 17.3 Å². The predicted molar refractivity (Wildman–Crippen MR) is 88.0 cm³/mol. The largest absolute Gasteiger partial charge is 0.313 e. The first-order valence-electron chi connectivity index (χ1n) is 8.91. The van der Waals surface area contributed by atoms with Crippen molar-refractivity contribution in [3.8, 4) is 0 Å². The van der Waals surface area contributed by atoms with E-state index >= 15 is 0 Å². The van der Waals surface area contributed by atoms with Crippen molar-refractivity contribution < 1.29 is 0 Å². The standard InChI is InChI=1S/C18H36N2/c1-15-9-12-20(13-10-15)14-11-19-17-7-5-16(6-8-17)18(2,3)4/h15-17,19H,5-14H2,1-4H3. The van der Waals surface area contributed by atoms with Gasteiger partial charge in [0.1, 0.15) is 0 Å². The predicted octanol–water partition coefficient (Wildman–Crippen LogP) is 3.91. The summed E-state index contributed by atoms with van der Waals surface area (Å²) in [6.07, 6.45) is 8.41. The Hall–Kier alpha value is -0.0800. The van der Waals surface area contributed by atoms with Gasteiger partial charge < -0.3 is 10.2 Å². The molecule has 0 unspecified atom stereocenters. The van der Waals surface area contributed by atoms with E-state index in [-0.39, 0.29) is 0 Å². The highest BCUT2D eigenvalue weighted by Gasteiger charge is 2.29. The van der Waals surface area contributed by atoms with Crippen LogP contribution in [0.4, 0.5) is 0 Å². The summed E-state index contributed by atoms with van der Waals surface area (Å²) in [5.74, 6) is 1.89. The minimum absolute atomic E-state index is 0.509. The first kappa shape index (κ1) is 16.3. The maximum Gasteiger partial charge on any atom is 0.0107 e. The molecule has 0 spiro atoms. The molecule has 0 aromatic carbocycles. The Labute approximate surface area is 126 Å². The fraction of sp³-hybridized carbons (Fsp3) is 1.00. The fourth-order valence-electron chi connectivity index (χ4n) is 3.88. The summed E-state index contributed by atoms with van der Waals surface area (Å²) < 4.78 is 0. The van der Waals surface area contributed by atoms with Crippen molar-refractivity contribution >= 4 is 0 Å².